The van der Waals surface area contributed by atoms with Crippen molar-refractivity contribution >= 4 is 78.2 Å². The molecule has 5 nitrogen and oxygen atoms in total. The zero-order chi connectivity index (χ0) is 27.1. The van der Waals surface area contributed by atoms with Crippen LogP contribution in [-0.2, 0) is 34.2 Å². The molecule has 0 unspecified atom stereocenters. The van der Waals surface area contributed by atoms with E-state index in [9.17, 15) is 13.2 Å². The summed E-state index contributed by atoms with van der Waals surface area (Å²) in [6, 6.07) is 22.1. The summed E-state index contributed by atoms with van der Waals surface area (Å²) in [6.07, 6.45) is 7.26. The molecule has 1 N–H and O–H groups in total. The van der Waals surface area contributed by atoms with Crippen LogP contribution in [0.1, 0.15) is 35.2 Å². The summed E-state index contributed by atoms with van der Waals surface area (Å²) in [5.74, 6) is -0.746. The van der Waals surface area contributed by atoms with Crippen molar-refractivity contribution < 1.29 is 13.2 Å². The van der Waals surface area contributed by atoms with Gasteiger partial charge in [0.1, 0.15) is 8.55 Å². The van der Waals surface area contributed by atoms with E-state index in [1.807, 2.05) is 12.1 Å². The summed E-state index contributed by atoms with van der Waals surface area (Å²) in [6.45, 7) is 0.707. The fourth-order valence-corrected chi connectivity index (χ4v) is 8.30. The van der Waals surface area contributed by atoms with Crippen molar-refractivity contribution in [3.8, 4) is 0 Å². The number of carbonyl (C=O) groups excluding carboxylic acids is 1. The van der Waals surface area contributed by atoms with Crippen LogP contribution >= 0.6 is 34.5 Å². The number of aromatic nitrogens is 1. The van der Waals surface area contributed by atoms with Gasteiger partial charge in [0, 0.05) is 23.7 Å². The number of benzene rings is 3. The SMILES string of the molecule is O=C(/C=C/c1cccc2c3c(n(Cc4cccc5ccccc45)c12)CCCC3)NS(=O)(=O)c1cc(Cl)c(Cl)s1. The number of fused-ring (bicyclic) bond motifs is 4. The fourth-order valence-electron chi connectivity index (χ4n) is 5.47. The van der Waals surface area contributed by atoms with Crippen molar-refractivity contribution in [2.75, 3.05) is 0 Å². The molecule has 2 heterocycles. The molecule has 0 atom stereocenters. The van der Waals surface area contributed by atoms with E-state index in [2.05, 4.69) is 57.8 Å². The first kappa shape index (κ1) is 26.1. The smallest absolute Gasteiger partial charge is 0.273 e. The van der Waals surface area contributed by atoms with E-state index in [1.54, 1.807) is 6.08 Å². The second-order valence-electron chi connectivity index (χ2n) is 9.59. The first-order valence-electron chi connectivity index (χ1n) is 12.6. The topological polar surface area (TPSA) is 68.2 Å². The molecule has 9 heteroatoms. The molecule has 1 aliphatic rings. The summed E-state index contributed by atoms with van der Waals surface area (Å²) in [5, 5.41) is 3.74. The number of rotatable bonds is 6. The summed E-state index contributed by atoms with van der Waals surface area (Å²) in [4.78, 5) is 12.7. The van der Waals surface area contributed by atoms with Crippen LogP contribution in [0.5, 0.6) is 0 Å². The largest absolute Gasteiger partial charge is 0.339 e. The maximum atomic E-state index is 12.7. The molecule has 198 valence electrons. The molecule has 0 radical (unpaired) electrons. The molecule has 6 rings (SSSR count). The van der Waals surface area contributed by atoms with Crippen LogP contribution in [-0.4, -0.2) is 18.9 Å². The zero-order valence-corrected chi connectivity index (χ0v) is 23.9. The third-order valence-electron chi connectivity index (χ3n) is 7.17. The van der Waals surface area contributed by atoms with Crippen LogP contribution in [0, 0.1) is 0 Å². The predicted octanol–water partition coefficient (Wildman–Crippen LogP) is 7.61. The van der Waals surface area contributed by atoms with Crippen molar-refractivity contribution in [3.05, 3.63) is 105 Å². The van der Waals surface area contributed by atoms with Crippen LogP contribution in [0.25, 0.3) is 27.8 Å². The molecule has 0 fully saturated rings. The minimum Gasteiger partial charge on any atom is -0.339 e. The highest BCUT2D eigenvalue weighted by Gasteiger charge is 2.23. The number of halogens is 2. The van der Waals surface area contributed by atoms with Gasteiger partial charge >= 0.3 is 0 Å². The molecular formula is C30H24Cl2N2O3S2. The number of aryl methyl sites for hydroxylation is 1. The summed E-state index contributed by atoms with van der Waals surface area (Å²) < 4.78 is 29.8. The average Bonchev–Trinajstić information content (AvgIpc) is 3.45. The Kier molecular flexibility index (Phi) is 7.02. The number of thiophene rings is 1. The monoisotopic (exact) mass is 594 g/mol. The van der Waals surface area contributed by atoms with Gasteiger partial charge in [-0.15, -0.1) is 11.3 Å². The predicted molar refractivity (Wildman–Crippen MR) is 160 cm³/mol. The quantitative estimate of drug-likeness (QED) is 0.206. The van der Waals surface area contributed by atoms with Crippen LogP contribution in [0.15, 0.2) is 77.0 Å². The van der Waals surface area contributed by atoms with Crippen molar-refractivity contribution in [3.63, 3.8) is 0 Å². The van der Waals surface area contributed by atoms with Crippen LogP contribution in [0.4, 0.5) is 0 Å². The van der Waals surface area contributed by atoms with E-state index in [-0.39, 0.29) is 13.6 Å². The lowest BCUT2D eigenvalue weighted by Gasteiger charge is -2.17. The third-order valence-corrected chi connectivity index (χ3v) is 10.9. The number of nitrogens with one attached hydrogen (secondary N) is 1. The maximum Gasteiger partial charge on any atom is 0.273 e. The Morgan fingerprint density at radius 1 is 0.974 bits per heavy atom. The molecule has 0 saturated heterocycles. The summed E-state index contributed by atoms with van der Waals surface area (Å²) >= 11 is 12.6. The van der Waals surface area contributed by atoms with Gasteiger partial charge < -0.3 is 4.57 Å². The Balaban J connectivity index is 1.39. The van der Waals surface area contributed by atoms with Gasteiger partial charge in [-0.1, -0.05) is 83.9 Å². The minimum atomic E-state index is -4.09. The number of sulfonamides is 1. The fraction of sp³-hybridized carbons (Fsp3) is 0.167. The Morgan fingerprint density at radius 2 is 1.72 bits per heavy atom. The van der Waals surface area contributed by atoms with Crippen LogP contribution < -0.4 is 4.72 Å². The molecule has 0 saturated carbocycles. The van der Waals surface area contributed by atoms with Gasteiger partial charge in [0.25, 0.3) is 15.9 Å². The lowest BCUT2D eigenvalue weighted by Crippen LogP contribution is -2.28. The van der Waals surface area contributed by atoms with E-state index in [0.29, 0.717) is 6.54 Å². The molecule has 2 aromatic heterocycles. The summed E-state index contributed by atoms with van der Waals surface area (Å²) in [7, 11) is -4.09. The first-order valence-corrected chi connectivity index (χ1v) is 15.7. The molecule has 5 aromatic rings. The van der Waals surface area contributed by atoms with Gasteiger partial charge in [-0.05, 0) is 65.3 Å². The Labute approximate surface area is 240 Å². The molecule has 39 heavy (non-hydrogen) atoms. The molecule has 1 amide bonds. The molecule has 3 aromatic carbocycles. The van der Waals surface area contributed by atoms with E-state index < -0.39 is 15.9 Å². The van der Waals surface area contributed by atoms with Gasteiger partial charge in [0.15, 0.2) is 0 Å². The average molecular weight is 596 g/mol. The van der Waals surface area contributed by atoms with Crippen molar-refractivity contribution in [2.24, 2.45) is 0 Å². The minimum absolute atomic E-state index is 0.113. The zero-order valence-electron chi connectivity index (χ0n) is 20.8. The molecule has 0 spiro atoms. The number of hydrogen-bond donors (Lipinski definition) is 1. The maximum absolute atomic E-state index is 12.7. The number of hydrogen-bond acceptors (Lipinski definition) is 4. The molecule has 0 bridgehead atoms. The summed E-state index contributed by atoms with van der Waals surface area (Å²) in [5.41, 5.74) is 5.85. The first-order chi connectivity index (χ1) is 18.8. The highest BCUT2D eigenvalue weighted by atomic mass is 35.5. The van der Waals surface area contributed by atoms with Gasteiger partial charge in [0.2, 0.25) is 0 Å². The number of carbonyl (C=O) groups is 1. The molecule has 0 aliphatic heterocycles. The lowest BCUT2D eigenvalue weighted by molar-refractivity contribution is -0.114. The highest BCUT2D eigenvalue weighted by Crippen LogP contribution is 2.36. The standard InChI is InChI=1S/C30H24Cl2N2O3S2/c31-25-17-28(38-30(25)32)39(36,37)33-27(35)16-15-20-9-6-13-24-23-12-3-4-14-26(23)34(29(20)24)18-21-10-5-8-19-7-1-2-11-22(19)21/h1-2,5-11,13,15-17H,3-4,12,14,18H2,(H,33,35)/b16-15+. The van der Waals surface area contributed by atoms with Crippen molar-refractivity contribution in [2.45, 2.75) is 36.4 Å². The van der Waals surface area contributed by atoms with Gasteiger partial charge in [-0.3, -0.25) is 4.79 Å². The highest BCUT2D eigenvalue weighted by molar-refractivity contribution is 7.92. The number of para-hydroxylation sites is 1. The van der Waals surface area contributed by atoms with Crippen LogP contribution in [0.2, 0.25) is 9.36 Å². The Morgan fingerprint density at radius 3 is 2.54 bits per heavy atom. The molecular weight excluding hydrogens is 571 g/mol. The van der Waals surface area contributed by atoms with Crippen molar-refractivity contribution in [1.82, 2.24) is 9.29 Å². The normalized spacial score (nSPS) is 13.8. The van der Waals surface area contributed by atoms with Crippen molar-refractivity contribution in [1.29, 1.82) is 0 Å². The van der Waals surface area contributed by atoms with Gasteiger partial charge in [-0.25, -0.2) is 13.1 Å². The second kappa shape index (κ2) is 10.5. The second-order valence-corrected chi connectivity index (χ2v) is 13.6. The third kappa shape index (κ3) is 5.00. The number of nitrogens with zero attached hydrogens (tertiary/aromatic N) is 1. The van der Waals surface area contributed by atoms with Gasteiger partial charge in [-0.2, -0.15) is 0 Å². The lowest BCUT2D eigenvalue weighted by atomic mass is 9.95. The Hall–Kier alpha value is -3.10. The van der Waals surface area contributed by atoms with Crippen LogP contribution in [0.3, 0.4) is 0 Å². The Bertz CT molecular complexity index is 1860. The van der Waals surface area contributed by atoms with E-state index >= 15 is 0 Å². The van der Waals surface area contributed by atoms with E-state index in [0.717, 1.165) is 48.1 Å². The van der Waals surface area contributed by atoms with E-state index in [1.165, 1.54) is 45.1 Å². The van der Waals surface area contributed by atoms with E-state index in [4.69, 9.17) is 23.2 Å². The number of amides is 1. The van der Waals surface area contributed by atoms with Gasteiger partial charge in [0.05, 0.1) is 10.5 Å². The molecule has 1 aliphatic carbocycles.